The summed E-state index contributed by atoms with van der Waals surface area (Å²) < 4.78 is 27.4. The monoisotopic (exact) mass is 301 g/mol. The largest absolute Gasteiger partial charge is 0.508 e. The molecule has 3 aromatic rings. The number of aryl methyl sites for hydroxylation is 1. The average molecular weight is 301 g/mol. The molecule has 108 valence electrons. The summed E-state index contributed by atoms with van der Waals surface area (Å²) >= 11 is 0. The number of rotatable bonds is 3. The number of aromatic nitrogens is 1. The predicted octanol–water partition coefficient (Wildman–Crippen LogP) is 3.04. The van der Waals surface area contributed by atoms with Gasteiger partial charge in [0.25, 0.3) is 0 Å². The fourth-order valence-corrected chi connectivity index (χ4v) is 4.07. The van der Waals surface area contributed by atoms with Crippen molar-refractivity contribution in [2.45, 2.75) is 23.1 Å². The zero-order valence-corrected chi connectivity index (χ0v) is 12.3. The second-order valence-electron chi connectivity index (χ2n) is 4.82. The van der Waals surface area contributed by atoms with Crippen molar-refractivity contribution < 1.29 is 13.5 Å². The summed E-state index contributed by atoms with van der Waals surface area (Å²) in [6, 6.07) is 11.3. The van der Waals surface area contributed by atoms with Crippen molar-refractivity contribution in [3.05, 3.63) is 60.4 Å². The third-order valence-corrected chi connectivity index (χ3v) is 5.37. The van der Waals surface area contributed by atoms with E-state index in [0.717, 1.165) is 11.1 Å². The fraction of sp³-hybridized carbons (Fsp3) is 0.125. The van der Waals surface area contributed by atoms with E-state index in [1.54, 1.807) is 6.20 Å². The molecule has 0 aliphatic heterocycles. The number of hydrogen-bond donors (Lipinski definition) is 1. The van der Waals surface area contributed by atoms with E-state index in [0.29, 0.717) is 11.3 Å². The van der Waals surface area contributed by atoms with Crippen molar-refractivity contribution in [1.29, 1.82) is 0 Å². The van der Waals surface area contributed by atoms with Crippen LogP contribution in [-0.4, -0.2) is 17.9 Å². The predicted molar refractivity (Wildman–Crippen MR) is 80.3 cm³/mol. The first-order valence-electron chi connectivity index (χ1n) is 6.66. The number of sulfone groups is 1. The number of phenolic OH excluding ortho intramolecular Hbond substituents is 1. The van der Waals surface area contributed by atoms with Crippen LogP contribution in [0.2, 0.25) is 0 Å². The van der Waals surface area contributed by atoms with Gasteiger partial charge in [0.2, 0.25) is 9.84 Å². The van der Waals surface area contributed by atoms with E-state index in [4.69, 9.17) is 0 Å². The van der Waals surface area contributed by atoms with E-state index in [1.807, 2.05) is 35.7 Å². The minimum Gasteiger partial charge on any atom is -0.508 e. The molecule has 1 N–H and O–H groups in total. The summed E-state index contributed by atoms with van der Waals surface area (Å²) in [6.07, 6.45) is 4.12. The Kier molecular flexibility index (Phi) is 3.22. The smallest absolute Gasteiger partial charge is 0.208 e. The molecular formula is C16H15NO3S. The molecule has 0 bridgehead atoms. The highest BCUT2D eigenvalue weighted by Gasteiger charge is 2.23. The molecule has 0 saturated heterocycles. The molecule has 4 nitrogen and oxygen atoms in total. The summed E-state index contributed by atoms with van der Waals surface area (Å²) in [6.45, 7) is 1.94. The molecule has 0 atom stereocenters. The van der Waals surface area contributed by atoms with E-state index >= 15 is 0 Å². The zero-order chi connectivity index (χ0) is 15.0. The number of hydrogen-bond acceptors (Lipinski definition) is 3. The molecule has 1 aromatic carbocycles. The maximum absolute atomic E-state index is 12.8. The van der Waals surface area contributed by atoms with E-state index in [-0.39, 0.29) is 10.6 Å². The molecule has 3 rings (SSSR count). The van der Waals surface area contributed by atoms with Crippen LogP contribution in [0, 0.1) is 0 Å². The van der Waals surface area contributed by atoms with Crippen LogP contribution < -0.4 is 0 Å². The third kappa shape index (κ3) is 2.19. The van der Waals surface area contributed by atoms with Crippen LogP contribution >= 0.6 is 0 Å². The Balaban J connectivity index is 2.26. The lowest BCUT2D eigenvalue weighted by molar-refractivity contribution is 0.475. The third-order valence-electron chi connectivity index (χ3n) is 3.54. The van der Waals surface area contributed by atoms with Crippen molar-refractivity contribution >= 4 is 15.4 Å². The van der Waals surface area contributed by atoms with Gasteiger partial charge in [0, 0.05) is 17.9 Å². The summed E-state index contributed by atoms with van der Waals surface area (Å²) in [7, 11) is -3.59. The highest BCUT2D eigenvalue weighted by atomic mass is 32.2. The first-order valence-corrected chi connectivity index (χ1v) is 8.15. The number of fused-ring (bicyclic) bond motifs is 1. The van der Waals surface area contributed by atoms with Gasteiger partial charge in [-0.3, -0.25) is 0 Å². The van der Waals surface area contributed by atoms with Gasteiger partial charge in [-0.05, 0) is 48.4 Å². The lowest BCUT2D eigenvalue weighted by atomic mass is 10.2. The first kappa shape index (κ1) is 13.7. The van der Waals surface area contributed by atoms with Gasteiger partial charge in [0.1, 0.15) is 5.75 Å². The fourth-order valence-electron chi connectivity index (χ4n) is 2.49. The van der Waals surface area contributed by atoms with Gasteiger partial charge in [0.15, 0.2) is 0 Å². The topological polar surface area (TPSA) is 58.8 Å². The van der Waals surface area contributed by atoms with E-state index in [9.17, 15) is 13.5 Å². The standard InChI is InChI=1S/C16H15NO3S/c1-2-14-15-5-3-4-10-17(15)11-16(14)21(19,20)13-8-6-12(18)7-9-13/h3-11,18H,2H2,1H3. The Hall–Kier alpha value is -2.27. The lowest BCUT2D eigenvalue weighted by Gasteiger charge is -2.05. The molecule has 0 aliphatic rings. The lowest BCUT2D eigenvalue weighted by Crippen LogP contribution is -2.03. The van der Waals surface area contributed by atoms with Crippen molar-refractivity contribution in [2.24, 2.45) is 0 Å². The Morgan fingerprint density at radius 1 is 1.10 bits per heavy atom. The number of benzene rings is 1. The Morgan fingerprint density at radius 2 is 1.81 bits per heavy atom. The molecule has 0 radical (unpaired) electrons. The first-order chi connectivity index (χ1) is 10.0. The highest BCUT2D eigenvalue weighted by molar-refractivity contribution is 7.91. The van der Waals surface area contributed by atoms with Gasteiger partial charge >= 0.3 is 0 Å². The number of nitrogens with zero attached hydrogens (tertiary/aromatic N) is 1. The number of phenols is 1. The van der Waals surface area contributed by atoms with Crippen molar-refractivity contribution in [3.63, 3.8) is 0 Å². The SMILES string of the molecule is CCc1c(S(=O)(=O)c2ccc(O)cc2)cn2ccccc12. The van der Waals surface area contributed by atoms with Gasteiger partial charge in [-0.25, -0.2) is 8.42 Å². The molecule has 0 saturated carbocycles. The van der Waals surface area contributed by atoms with Crippen LogP contribution in [0.5, 0.6) is 5.75 Å². The van der Waals surface area contributed by atoms with Crippen LogP contribution in [0.1, 0.15) is 12.5 Å². The normalized spacial score (nSPS) is 11.9. The van der Waals surface area contributed by atoms with Crippen LogP contribution in [0.3, 0.4) is 0 Å². The Bertz CT molecular complexity index is 893. The minimum absolute atomic E-state index is 0.0479. The number of pyridine rings is 1. The van der Waals surface area contributed by atoms with Crippen LogP contribution in [0.4, 0.5) is 0 Å². The average Bonchev–Trinajstić information content (AvgIpc) is 2.87. The molecule has 0 aliphatic carbocycles. The highest BCUT2D eigenvalue weighted by Crippen LogP contribution is 2.29. The second kappa shape index (κ2) is 4.93. The van der Waals surface area contributed by atoms with Gasteiger partial charge in [-0.15, -0.1) is 0 Å². The zero-order valence-electron chi connectivity index (χ0n) is 11.5. The maximum Gasteiger partial charge on any atom is 0.208 e. The molecule has 2 heterocycles. The Labute approximate surface area is 123 Å². The van der Waals surface area contributed by atoms with E-state index in [1.165, 1.54) is 24.3 Å². The molecule has 0 unspecified atom stereocenters. The second-order valence-corrected chi connectivity index (χ2v) is 6.73. The molecular weight excluding hydrogens is 286 g/mol. The molecule has 0 amide bonds. The summed E-state index contributed by atoms with van der Waals surface area (Å²) in [5.41, 5.74) is 1.71. The van der Waals surface area contributed by atoms with Gasteiger partial charge < -0.3 is 9.51 Å². The Morgan fingerprint density at radius 3 is 2.48 bits per heavy atom. The summed E-state index contributed by atoms with van der Waals surface area (Å²) in [4.78, 5) is 0.507. The van der Waals surface area contributed by atoms with Crippen molar-refractivity contribution in [2.75, 3.05) is 0 Å². The van der Waals surface area contributed by atoms with Gasteiger partial charge in [-0.1, -0.05) is 13.0 Å². The molecule has 0 spiro atoms. The van der Waals surface area contributed by atoms with Crippen LogP contribution in [-0.2, 0) is 16.3 Å². The molecule has 0 fully saturated rings. The summed E-state index contributed by atoms with van der Waals surface area (Å²) in [5, 5.41) is 9.31. The minimum atomic E-state index is -3.59. The number of aromatic hydroxyl groups is 1. The van der Waals surface area contributed by atoms with Gasteiger partial charge in [-0.2, -0.15) is 0 Å². The maximum atomic E-state index is 12.8. The molecule has 21 heavy (non-hydrogen) atoms. The van der Waals surface area contributed by atoms with Crippen molar-refractivity contribution in [1.82, 2.24) is 4.40 Å². The van der Waals surface area contributed by atoms with Gasteiger partial charge in [0.05, 0.1) is 9.79 Å². The van der Waals surface area contributed by atoms with Crippen LogP contribution in [0.25, 0.3) is 5.52 Å². The van der Waals surface area contributed by atoms with Crippen molar-refractivity contribution in [3.8, 4) is 5.75 Å². The van der Waals surface area contributed by atoms with Crippen LogP contribution in [0.15, 0.2) is 64.6 Å². The summed E-state index contributed by atoms with van der Waals surface area (Å²) in [5.74, 6) is 0.0479. The van der Waals surface area contributed by atoms with E-state index in [2.05, 4.69) is 0 Å². The quantitative estimate of drug-likeness (QED) is 0.809. The van der Waals surface area contributed by atoms with E-state index < -0.39 is 9.84 Å². The molecule has 5 heteroatoms. The molecule has 2 aromatic heterocycles.